The van der Waals surface area contributed by atoms with Gasteiger partial charge in [-0.15, -0.1) is 0 Å². The predicted molar refractivity (Wildman–Crippen MR) is 104 cm³/mol. The quantitative estimate of drug-likeness (QED) is 0.614. The van der Waals surface area contributed by atoms with Gasteiger partial charge in [-0.25, -0.2) is 9.59 Å². The SMILES string of the molecule is O=C(N[C@@H]1C=C[C@H](O)C[C@H](OC(=O)c2ccccc2)C1)OCc1ccccc1. The fourth-order valence-electron chi connectivity index (χ4n) is 2.98. The van der Waals surface area contributed by atoms with Gasteiger partial charge in [-0.1, -0.05) is 60.7 Å². The monoisotopic (exact) mass is 381 g/mol. The molecule has 28 heavy (non-hydrogen) atoms. The van der Waals surface area contributed by atoms with E-state index < -0.39 is 30.3 Å². The Hall–Kier alpha value is -3.12. The standard InChI is InChI=1S/C22H23NO5/c24-19-12-11-18(23-22(26)27-15-16-7-3-1-4-8-16)13-20(14-19)28-21(25)17-9-5-2-6-10-17/h1-12,18-20,24H,13-15H2,(H,23,26)/t18-,19+,20-/m1/s1. The van der Waals surface area contributed by atoms with Gasteiger partial charge < -0.3 is 19.9 Å². The summed E-state index contributed by atoms with van der Waals surface area (Å²) in [5.74, 6) is -0.454. The number of rotatable bonds is 5. The number of amides is 1. The number of aliphatic hydroxyl groups excluding tert-OH is 1. The van der Waals surface area contributed by atoms with Crippen molar-refractivity contribution in [3.05, 3.63) is 83.9 Å². The number of hydrogen-bond acceptors (Lipinski definition) is 5. The van der Waals surface area contributed by atoms with Gasteiger partial charge in [0.05, 0.1) is 17.7 Å². The third-order valence-corrected chi connectivity index (χ3v) is 4.39. The van der Waals surface area contributed by atoms with Crippen molar-refractivity contribution in [3.63, 3.8) is 0 Å². The summed E-state index contributed by atoms with van der Waals surface area (Å²) in [5, 5.41) is 12.8. The summed E-state index contributed by atoms with van der Waals surface area (Å²) in [6.07, 6.45) is 2.07. The van der Waals surface area contributed by atoms with Crippen LogP contribution in [0.15, 0.2) is 72.8 Å². The molecule has 0 heterocycles. The number of benzene rings is 2. The molecule has 2 aromatic carbocycles. The van der Waals surface area contributed by atoms with Gasteiger partial charge in [0.25, 0.3) is 0 Å². The van der Waals surface area contributed by atoms with E-state index in [4.69, 9.17) is 9.47 Å². The van der Waals surface area contributed by atoms with Gasteiger partial charge in [-0.2, -0.15) is 0 Å². The third kappa shape index (κ3) is 5.96. The van der Waals surface area contributed by atoms with Crippen molar-refractivity contribution in [1.82, 2.24) is 5.32 Å². The average Bonchev–Trinajstić information content (AvgIpc) is 2.88. The summed E-state index contributed by atoms with van der Waals surface area (Å²) >= 11 is 0. The molecule has 0 fully saturated rings. The van der Waals surface area contributed by atoms with Crippen LogP contribution < -0.4 is 5.32 Å². The highest BCUT2D eigenvalue weighted by atomic mass is 16.6. The molecule has 0 bridgehead atoms. The predicted octanol–water partition coefficient (Wildman–Crippen LogP) is 3.22. The lowest BCUT2D eigenvalue weighted by molar-refractivity contribution is 0.0170. The highest BCUT2D eigenvalue weighted by molar-refractivity contribution is 5.89. The first-order valence-electron chi connectivity index (χ1n) is 9.20. The molecule has 0 saturated heterocycles. The van der Waals surface area contributed by atoms with Gasteiger partial charge in [-0.05, 0) is 17.7 Å². The molecule has 0 saturated carbocycles. The molecular formula is C22H23NO5. The summed E-state index contributed by atoms with van der Waals surface area (Å²) in [6, 6.07) is 17.6. The smallest absolute Gasteiger partial charge is 0.407 e. The minimum Gasteiger partial charge on any atom is -0.459 e. The number of carbonyl (C=O) groups excluding carboxylic acids is 2. The molecule has 1 aliphatic carbocycles. The van der Waals surface area contributed by atoms with E-state index >= 15 is 0 Å². The normalized spacial score (nSPS) is 21.4. The van der Waals surface area contributed by atoms with Crippen molar-refractivity contribution in [2.24, 2.45) is 0 Å². The van der Waals surface area contributed by atoms with Crippen LogP contribution in [0.3, 0.4) is 0 Å². The fourth-order valence-corrected chi connectivity index (χ4v) is 2.98. The summed E-state index contributed by atoms with van der Waals surface area (Å²) in [7, 11) is 0. The van der Waals surface area contributed by atoms with Crippen molar-refractivity contribution in [1.29, 1.82) is 0 Å². The molecule has 0 unspecified atom stereocenters. The van der Waals surface area contributed by atoms with Crippen LogP contribution in [0.5, 0.6) is 0 Å². The summed E-state index contributed by atoms with van der Waals surface area (Å²) < 4.78 is 10.8. The van der Waals surface area contributed by atoms with Crippen LogP contribution in [-0.4, -0.2) is 35.4 Å². The van der Waals surface area contributed by atoms with E-state index in [9.17, 15) is 14.7 Å². The van der Waals surface area contributed by atoms with Gasteiger partial charge >= 0.3 is 12.1 Å². The molecule has 6 heteroatoms. The van der Waals surface area contributed by atoms with Crippen LogP contribution in [0.1, 0.15) is 28.8 Å². The van der Waals surface area contributed by atoms with Crippen molar-refractivity contribution in [2.45, 2.75) is 37.7 Å². The topological polar surface area (TPSA) is 84.9 Å². The zero-order valence-corrected chi connectivity index (χ0v) is 15.4. The van der Waals surface area contributed by atoms with E-state index in [-0.39, 0.29) is 13.0 Å². The van der Waals surface area contributed by atoms with Crippen molar-refractivity contribution >= 4 is 12.1 Å². The molecule has 0 radical (unpaired) electrons. The Morgan fingerprint density at radius 3 is 2.36 bits per heavy atom. The molecule has 6 nitrogen and oxygen atoms in total. The van der Waals surface area contributed by atoms with E-state index in [1.54, 1.807) is 36.4 Å². The number of carbonyl (C=O) groups is 2. The first-order chi connectivity index (χ1) is 13.6. The van der Waals surface area contributed by atoms with Gasteiger partial charge in [0.2, 0.25) is 0 Å². The lowest BCUT2D eigenvalue weighted by atomic mass is 10.1. The van der Waals surface area contributed by atoms with Gasteiger partial charge in [0.15, 0.2) is 0 Å². The fraction of sp³-hybridized carbons (Fsp3) is 0.273. The van der Waals surface area contributed by atoms with E-state index in [2.05, 4.69) is 5.32 Å². The second kappa shape index (κ2) is 9.71. The maximum Gasteiger partial charge on any atom is 0.407 e. The third-order valence-electron chi connectivity index (χ3n) is 4.39. The minimum absolute atomic E-state index is 0.165. The number of esters is 1. The van der Waals surface area contributed by atoms with Crippen molar-refractivity contribution < 1.29 is 24.2 Å². The maximum atomic E-state index is 12.3. The number of ether oxygens (including phenoxy) is 2. The number of hydrogen-bond donors (Lipinski definition) is 2. The minimum atomic E-state index is -0.749. The Morgan fingerprint density at radius 2 is 1.64 bits per heavy atom. The maximum absolute atomic E-state index is 12.3. The van der Waals surface area contributed by atoms with Crippen LogP contribution >= 0.6 is 0 Å². The number of alkyl carbamates (subject to hydrolysis) is 1. The molecule has 3 atom stereocenters. The average molecular weight is 381 g/mol. The Kier molecular flexibility index (Phi) is 6.81. The highest BCUT2D eigenvalue weighted by Gasteiger charge is 2.26. The second-order valence-electron chi connectivity index (χ2n) is 6.63. The Bertz CT molecular complexity index is 806. The second-order valence-corrected chi connectivity index (χ2v) is 6.63. The summed E-state index contributed by atoms with van der Waals surface area (Å²) in [4.78, 5) is 24.4. The number of aliphatic hydroxyl groups is 1. The van der Waals surface area contributed by atoms with Crippen LogP contribution in [0.25, 0.3) is 0 Å². The van der Waals surface area contributed by atoms with Crippen molar-refractivity contribution in [2.75, 3.05) is 0 Å². The van der Waals surface area contributed by atoms with E-state index in [0.29, 0.717) is 12.0 Å². The van der Waals surface area contributed by atoms with Gasteiger partial charge in [0, 0.05) is 12.8 Å². The van der Waals surface area contributed by atoms with Crippen LogP contribution in [-0.2, 0) is 16.1 Å². The van der Waals surface area contributed by atoms with E-state index in [0.717, 1.165) is 5.56 Å². The Morgan fingerprint density at radius 1 is 0.964 bits per heavy atom. The molecule has 1 aliphatic rings. The zero-order valence-electron chi connectivity index (χ0n) is 15.4. The molecular weight excluding hydrogens is 358 g/mol. The summed E-state index contributed by atoms with van der Waals surface area (Å²) in [6.45, 7) is 0.165. The molecule has 146 valence electrons. The Labute approximate surface area is 163 Å². The lowest BCUT2D eigenvalue weighted by Crippen LogP contribution is -2.37. The molecule has 0 aromatic heterocycles. The van der Waals surface area contributed by atoms with Crippen LogP contribution in [0, 0.1) is 0 Å². The lowest BCUT2D eigenvalue weighted by Gasteiger charge is -2.21. The van der Waals surface area contributed by atoms with Gasteiger partial charge in [0.1, 0.15) is 12.7 Å². The van der Waals surface area contributed by atoms with Crippen molar-refractivity contribution in [3.8, 4) is 0 Å². The largest absolute Gasteiger partial charge is 0.459 e. The zero-order chi connectivity index (χ0) is 19.8. The molecule has 1 amide bonds. The van der Waals surface area contributed by atoms with Crippen LogP contribution in [0.4, 0.5) is 4.79 Å². The van der Waals surface area contributed by atoms with Crippen LogP contribution in [0.2, 0.25) is 0 Å². The van der Waals surface area contributed by atoms with Gasteiger partial charge in [-0.3, -0.25) is 0 Å². The molecule has 0 spiro atoms. The Balaban J connectivity index is 1.54. The number of nitrogens with one attached hydrogen (secondary N) is 1. The molecule has 2 N–H and O–H groups in total. The van der Waals surface area contributed by atoms with E-state index in [1.165, 1.54) is 0 Å². The first-order valence-corrected chi connectivity index (χ1v) is 9.20. The first kappa shape index (κ1) is 19.6. The molecule has 0 aliphatic heterocycles. The molecule has 2 aromatic rings. The molecule has 3 rings (SSSR count). The van der Waals surface area contributed by atoms with E-state index in [1.807, 2.05) is 36.4 Å². The summed E-state index contributed by atoms with van der Waals surface area (Å²) in [5.41, 5.74) is 1.33. The highest BCUT2D eigenvalue weighted by Crippen LogP contribution is 2.18.